The number of halogens is 1. The zero-order valence-electron chi connectivity index (χ0n) is 20.8. The van der Waals surface area contributed by atoms with Crippen LogP contribution in [0.5, 0.6) is 5.75 Å². The van der Waals surface area contributed by atoms with Gasteiger partial charge in [0.25, 0.3) is 5.91 Å². The van der Waals surface area contributed by atoms with Crippen molar-refractivity contribution in [1.29, 1.82) is 0 Å². The Kier molecular flexibility index (Phi) is 8.25. The summed E-state index contributed by atoms with van der Waals surface area (Å²) in [5.74, 6) is -0.150. The van der Waals surface area contributed by atoms with E-state index in [-0.39, 0.29) is 24.9 Å². The van der Waals surface area contributed by atoms with Crippen LogP contribution in [0.4, 0.5) is 4.39 Å². The summed E-state index contributed by atoms with van der Waals surface area (Å²) in [5, 5.41) is 12.3. The Morgan fingerprint density at radius 1 is 1.09 bits per heavy atom. The SMILES string of the molecule is CC.Cc1nc2c(OCc3ccccc3F)cccn2c1C(=O)NC(C)(C)c1ccc(CO)cc1. The molecule has 0 radical (unpaired) electrons. The van der Waals surface area contributed by atoms with Gasteiger partial charge >= 0.3 is 0 Å². The molecule has 2 N–H and O–H groups in total. The van der Waals surface area contributed by atoms with Gasteiger partial charge in [0.2, 0.25) is 0 Å². The highest BCUT2D eigenvalue weighted by Crippen LogP contribution is 2.26. The van der Waals surface area contributed by atoms with E-state index in [0.717, 1.165) is 11.1 Å². The van der Waals surface area contributed by atoms with E-state index < -0.39 is 5.54 Å². The van der Waals surface area contributed by atoms with E-state index in [9.17, 15) is 14.3 Å². The molecule has 0 unspecified atom stereocenters. The summed E-state index contributed by atoms with van der Waals surface area (Å²) in [6.07, 6.45) is 1.75. The number of aliphatic hydroxyl groups excluding tert-OH is 1. The highest BCUT2D eigenvalue weighted by Gasteiger charge is 2.27. The fourth-order valence-corrected chi connectivity index (χ4v) is 3.76. The highest BCUT2D eigenvalue weighted by atomic mass is 19.1. The van der Waals surface area contributed by atoms with Crippen molar-refractivity contribution in [3.8, 4) is 5.75 Å². The van der Waals surface area contributed by atoms with Crippen LogP contribution in [0.1, 0.15) is 60.6 Å². The number of benzene rings is 2. The Morgan fingerprint density at radius 3 is 2.43 bits per heavy atom. The van der Waals surface area contributed by atoms with E-state index in [1.807, 2.05) is 52.0 Å². The van der Waals surface area contributed by atoms with Crippen molar-refractivity contribution < 1.29 is 19.0 Å². The van der Waals surface area contributed by atoms with Crippen LogP contribution >= 0.6 is 0 Å². The van der Waals surface area contributed by atoms with E-state index in [0.29, 0.717) is 28.3 Å². The van der Waals surface area contributed by atoms with Gasteiger partial charge in [-0.15, -0.1) is 0 Å². The Bertz CT molecular complexity index is 1300. The number of imidazole rings is 1. The number of carbonyl (C=O) groups excluding carboxylic acids is 1. The summed E-state index contributed by atoms with van der Waals surface area (Å²) in [4.78, 5) is 17.8. The van der Waals surface area contributed by atoms with Crippen molar-refractivity contribution in [2.75, 3.05) is 0 Å². The van der Waals surface area contributed by atoms with Gasteiger partial charge in [-0.05, 0) is 50.1 Å². The number of aryl methyl sites for hydroxylation is 1. The Morgan fingerprint density at radius 2 is 1.77 bits per heavy atom. The number of pyridine rings is 1. The minimum Gasteiger partial charge on any atom is -0.485 e. The molecule has 0 aliphatic rings. The van der Waals surface area contributed by atoms with Gasteiger partial charge in [0.1, 0.15) is 18.1 Å². The molecule has 6 nitrogen and oxygen atoms in total. The first-order chi connectivity index (χ1) is 16.8. The molecule has 0 atom stereocenters. The van der Waals surface area contributed by atoms with Crippen LogP contribution in [-0.2, 0) is 18.8 Å². The van der Waals surface area contributed by atoms with Crippen molar-refractivity contribution in [3.05, 3.63) is 101 Å². The number of hydrogen-bond donors (Lipinski definition) is 2. The Labute approximate surface area is 205 Å². The molecule has 0 spiro atoms. The molecule has 0 saturated carbocycles. The van der Waals surface area contributed by atoms with Crippen molar-refractivity contribution in [2.45, 2.75) is 53.4 Å². The molecule has 0 bridgehead atoms. The second-order valence-corrected chi connectivity index (χ2v) is 8.43. The first kappa shape index (κ1) is 25.9. The van der Waals surface area contributed by atoms with Crippen molar-refractivity contribution in [3.63, 3.8) is 0 Å². The van der Waals surface area contributed by atoms with Gasteiger partial charge in [-0.25, -0.2) is 9.37 Å². The standard InChI is InChI=1S/C26H26FN3O3.C2H6/c1-17-23(25(32)29-26(2,3)20-12-10-18(15-31)11-13-20)30-14-6-9-22(24(30)28-17)33-16-19-7-4-5-8-21(19)27;1-2/h4-14,31H,15-16H2,1-3H3,(H,29,32);1-2H3. The van der Waals surface area contributed by atoms with E-state index in [1.165, 1.54) is 6.07 Å². The molecule has 4 rings (SSSR count). The topological polar surface area (TPSA) is 75.9 Å². The maximum Gasteiger partial charge on any atom is 0.270 e. The number of ether oxygens (including phenoxy) is 1. The normalized spacial score (nSPS) is 11.1. The van der Waals surface area contributed by atoms with Crippen LogP contribution in [0.3, 0.4) is 0 Å². The minimum absolute atomic E-state index is 0.0323. The minimum atomic E-state index is -0.652. The van der Waals surface area contributed by atoms with Crippen LogP contribution in [0.25, 0.3) is 5.65 Å². The summed E-state index contributed by atoms with van der Waals surface area (Å²) in [6.45, 7) is 9.62. The fraction of sp³-hybridized carbons (Fsp3) is 0.286. The lowest BCUT2D eigenvalue weighted by Gasteiger charge is -2.27. The quantitative estimate of drug-likeness (QED) is 0.366. The van der Waals surface area contributed by atoms with Gasteiger partial charge < -0.3 is 15.2 Å². The van der Waals surface area contributed by atoms with Crippen LogP contribution in [-0.4, -0.2) is 20.4 Å². The zero-order valence-corrected chi connectivity index (χ0v) is 20.8. The van der Waals surface area contributed by atoms with Crippen molar-refractivity contribution in [1.82, 2.24) is 14.7 Å². The first-order valence-corrected chi connectivity index (χ1v) is 11.7. The molecule has 184 valence electrons. The van der Waals surface area contributed by atoms with Crippen molar-refractivity contribution in [2.24, 2.45) is 0 Å². The Balaban J connectivity index is 0.00000167. The molecular weight excluding hydrogens is 445 g/mol. The van der Waals surface area contributed by atoms with Crippen LogP contribution in [0.15, 0.2) is 66.9 Å². The number of nitrogens with zero attached hydrogens (tertiary/aromatic N) is 2. The smallest absolute Gasteiger partial charge is 0.270 e. The third-order valence-corrected chi connectivity index (χ3v) is 5.63. The molecule has 2 aromatic heterocycles. The van der Waals surface area contributed by atoms with Gasteiger partial charge in [-0.2, -0.15) is 0 Å². The predicted molar refractivity (Wildman–Crippen MR) is 135 cm³/mol. The molecule has 0 aliphatic heterocycles. The number of hydrogen-bond acceptors (Lipinski definition) is 4. The molecule has 0 aliphatic carbocycles. The first-order valence-electron chi connectivity index (χ1n) is 11.7. The lowest BCUT2D eigenvalue weighted by atomic mass is 9.93. The second-order valence-electron chi connectivity index (χ2n) is 8.43. The summed E-state index contributed by atoms with van der Waals surface area (Å²) in [7, 11) is 0. The lowest BCUT2D eigenvalue weighted by Crippen LogP contribution is -2.41. The summed E-state index contributed by atoms with van der Waals surface area (Å²) >= 11 is 0. The Hall–Kier alpha value is -3.71. The molecular formula is C28H32FN3O3. The average molecular weight is 478 g/mol. The maximum absolute atomic E-state index is 14.0. The number of fused-ring (bicyclic) bond motifs is 1. The molecule has 2 aromatic carbocycles. The van der Waals surface area contributed by atoms with E-state index in [4.69, 9.17) is 4.74 Å². The maximum atomic E-state index is 14.0. The number of nitrogens with one attached hydrogen (secondary N) is 1. The van der Waals surface area contributed by atoms with E-state index in [1.54, 1.807) is 47.9 Å². The molecule has 35 heavy (non-hydrogen) atoms. The van der Waals surface area contributed by atoms with Crippen LogP contribution < -0.4 is 10.1 Å². The fourth-order valence-electron chi connectivity index (χ4n) is 3.76. The van der Waals surface area contributed by atoms with Crippen LogP contribution in [0.2, 0.25) is 0 Å². The van der Waals surface area contributed by atoms with Gasteiger partial charge in [-0.3, -0.25) is 9.20 Å². The summed E-state index contributed by atoms with van der Waals surface area (Å²) < 4.78 is 21.5. The molecule has 0 fully saturated rings. The number of aliphatic hydroxyl groups is 1. The van der Waals surface area contributed by atoms with Gasteiger partial charge in [0.05, 0.1) is 17.8 Å². The van der Waals surface area contributed by atoms with Crippen molar-refractivity contribution >= 4 is 11.6 Å². The summed E-state index contributed by atoms with van der Waals surface area (Å²) in [6, 6.07) is 17.4. The third-order valence-electron chi connectivity index (χ3n) is 5.63. The number of carbonyl (C=O) groups is 1. The second kappa shape index (κ2) is 11.1. The number of amides is 1. The number of aromatic nitrogens is 2. The highest BCUT2D eigenvalue weighted by molar-refractivity contribution is 5.95. The lowest BCUT2D eigenvalue weighted by molar-refractivity contribution is 0.0905. The van der Waals surface area contributed by atoms with Gasteiger partial charge in [0.15, 0.2) is 11.4 Å². The molecule has 4 aromatic rings. The van der Waals surface area contributed by atoms with E-state index in [2.05, 4.69) is 10.3 Å². The van der Waals surface area contributed by atoms with Gasteiger partial charge in [0, 0.05) is 11.8 Å². The average Bonchev–Trinajstić information content (AvgIpc) is 3.21. The molecule has 2 heterocycles. The van der Waals surface area contributed by atoms with Gasteiger partial charge in [-0.1, -0.05) is 56.3 Å². The largest absolute Gasteiger partial charge is 0.485 e. The monoisotopic (exact) mass is 477 g/mol. The third kappa shape index (κ3) is 5.69. The van der Waals surface area contributed by atoms with Crippen LogP contribution in [0, 0.1) is 12.7 Å². The molecule has 0 saturated heterocycles. The zero-order chi connectivity index (χ0) is 25.6. The van der Waals surface area contributed by atoms with E-state index >= 15 is 0 Å². The predicted octanol–water partition coefficient (Wildman–Crippen LogP) is 5.54. The molecule has 1 amide bonds. The summed E-state index contributed by atoms with van der Waals surface area (Å²) in [5.41, 5.74) is 2.95. The number of rotatable bonds is 7. The molecule has 7 heteroatoms.